The van der Waals surface area contributed by atoms with Gasteiger partial charge >= 0.3 is 11.9 Å². The molecule has 0 aliphatic rings. The molecule has 6 nitrogen and oxygen atoms in total. The van der Waals surface area contributed by atoms with Crippen molar-refractivity contribution in [3.05, 3.63) is 72.9 Å². The number of aliphatic hydroxyl groups is 2. The Bertz CT molecular complexity index is 913. The molecule has 0 aromatic carbocycles. The number of rotatable bonds is 33. The van der Waals surface area contributed by atoms with E-state index in [1.165, 1.54) is 70.6 Å². The maximum Gasteiger partial charge on any atom is 0.306 e. The van der Waals surface area contributed by atoms with Crippen LogP contribution in [0.3, 0.4) is 0 Å². The molecule has 0 spiro atoms. The van der Waals surface area contributed by atoms with Gasteiger partial charge in [0.2, 0.25) is 0 Å². The Morgan fingerprint density at radius 1 is 0.604 bits per heavy atom. The van der Waals surface area contributed by atoms with Gasteiger partial charge in [0.25, 0.3) is 0 Å². The fraction of sp³-hybridized carbons (Fsp3) is 0.667. The summed E-state index contributed by atoms with van der Waals surface area (Å²) in [6, 6.07) is 0. The van der Waals surface area contributed by atoms with Crippen LogP contribution in [0.25, 0.3) is 0 Å². The molecule has 0 saturated heterocycles. The van der Waals surface area contributed by atoms with E-state index < -0.39 is 18.2 Å². The maximum absolute atomic E-state index is 12.1. The van der Waals surface area contributed by atoms with Crippen molar-refractivity contribution in [1.82, 2.24) is 0 Å². The zero-order chi connectivity index (χ0) is 35.2. The lowest BCUT2D eigenvalue weighted by molar-refractivity contribution is -0.161. The molecule has 274 valence electrons. The van der Waals surface area contributed by atoms with Crippen molar-refractivity contribution in [2.24, 2.45) is 0 Å². The molecule has 1 unspecified atom stereocenters. The number of carbonyl (C=O) groups is 2. The van der Waals surface area contributed by atoms with E-state index >= 15 is 0 Å². The van der Waals surface area contributed by atoms with Crippen LogP contribution in [0.2, 0.25) is 0 Å². The second-order valence-electron chi connectivity index (χ2n) is 12.5. The molecule has 2 N–H and O–H groups in total. The highest BCUT2D eigenvalue weighted by Crippen LogP contribution is 2.13. The molecule has 0 aromatic rings. The zero-order valence-corrected chi connectivity index (χ0v) is 30.6. The smallest absolute Gasteiger partial charge is 0.306 e. The van der Waals surface area contributed by atoms with Crippen molar-refractivity contribution >= 4 is 11.9 Å². The number of unbranched alkanes of at least 4 members (excludes halogenated alkanes) is 13. The highest BCUT2D eigenvalue weighted by Gasteiger charge is 2.15. The molecule has 48 heavy (non-hydrogen) atoms. The molecule has 0 aliphatic carbocycles. The van der Waals surface area contributed by atoms with Crippen molar-refractivity contribution in [2.75, 3.05) is 13.2 Å². The highest BCUT2D eigenvalue weighted by molar-refractivity contribution is 5.70. The fourth-order valence-corrected chi connectivity index (χ4v) is 4.96. The van der Waals surface area contributed by atoms with Gasteiger partial charge in [-0.2, -0.15) is 0 Å². The number of allylic oxidation sites excluding steroid dienone is 10. The van der Waals surface area contributed by atoms with E-state index in [1.807, 2.05) is 30.4 Å². The van der Waals surface area contributed by atoms with Gasteiger partial charge in [-0.1, -0.05) is 170 Å². The average molecular weight is 671 g/mol. The predicted molar refractivity (Wildman–Crippen MR) is 202 cm³/mol. The van der Waals surface area contributed by atoms with E-state index in [-0.39, 0.29) is 25.6 Å². The molecule has 0 aromatic heterocycles. The van der Waals surface area contributed by atoms with Crippen LogP contribution in [0.4, 0.5) is 0 Å². The summed E-state index contributed by atoms with van der Waals surface area (Å²) in [6.07, 6.45) is 45.8. The lowest BCUT2D eigenvalue weighted by Gasteiger charge is -2.15. The molecule has 0 fully saturated rings. The van der Waals surface area contributed by atoms with Gasteiger partial charge in [0, 0.05) is 12.8 Å². The topological polar surface area (TPSA) is 93.1 Å². The molecule has 2 atom stereocenters. The third kappa shape index (κ3) is 34.6. The molecule has 0 heterocycles. The average Bonchev–Trinajstić information content (AvgIpc) is 3.08. The van der Waals surface area contributed by atoms with Crippen LogP contribution >= 0.6 is 0 Å². The van der Waals surface area contributed by atoms with Crippen LogP contribution in [0.15, 0.2) is 72.9 Å². The van der Waals surface area contributed by atoms with Crippen molar-refractivity contribution in [2.45, 2.75) is 167 Å². The number of hydrogen-bond donors (Lipinski definition) is 2. The maximum atomic E-state index is 12.1. The molecule has 0 rings (SSSR count). The van der Waals surface area contributed by atoms with Gasteiger partial charge in [-0.15, -0.1) is 0 Å². The molecule has 0 radical (unpaired) electrons. The highest BCUT2D eigenvalue weighted by atomic mass is 16.6. The standard InChI is InChI=1S/C42H70O6/c1-3-5-7-8-9-10-11-12-15-18-21-24-27-31-35-41(45)47-38-40(37-43)48-42(46)36-32-28-25-22-19-16-13-14-17-20-23-26-30-34-39(44)33-29-6-4-2/h6,14,16-17,19,23,25-26,28-30,34,39-40,43-44H,3-5,7-13,15,18,20-22,24,27,31-33,35-38H2,1-2H3/b17-14-,19-16-,26-23+,28-25-,29-6-,34-30+/t39?,40-/m0/s1. The van der Waals surface area contributed by atoms with Crippen LogP contribution < -0.4 is 0 Å². The monoisotopic (exact) mass is 671 g/mol. The summed E-state index contributed by atoms with van der Waals surface area (Å²) in [5.74, 6) is -0.713. The summed E-state index contributed by atoms with van der Waals surface area (Å²) in [5, 5.41) is 19.3. The first-order valence-electron chi connectivity index (χ1n) is 19.1. The second kappa shape index (κ2) is 37.1. The van der Waals surface area contributed by atoms with Gasteiger partial charge in [-0.05, 0) is 44.9 Å². The van der Waals surface area contributed by atoms with Gasteiger partial charge in [-0.3, -0.25) is 9.59 Å². The normalized spacial score (nSPS) is 13.7. The summed E-state index contributed by atoms with van der Waals surface area (Å²) in [4.78, 5) is 24.2. The number of carbonyl (C=O) groups excluding carboxylic acids is 2. The minimum Gasteiger partial charge on any atom is -0.462 e. The van der Waals surface area contributed by atoms with Gasteiger partial charge < -0.3 is 19.7 Å². The molecule has 0 aliphatic heterocycles. The predicted octanol–water partition coefficient (Wildman–Crippen LogP) is 10.8. The number of esters is 2. The molecular weight excluding hydrogens is 600 g/mol. The lowest BCUT2D eigenvalue weighted by atomic mass is 10.0. The minimum atomic E-state index is -0.824. The Morgan fingerprint density at radius 3 is 1.71 bits per heavy atom. The van der Waals surface area contributed by atoms with E-state index in [0.717, 1.165) is 44.9 Å². The van der Waals surface area contributed by atoms with Crippen molar-refractivity contribution < 1.29 is 29.3 Å². The van der Waals surface area contributed by atoms with Gasteiger partial charge in [0.05, 0.1) is 12.7 Å². The molecule has 0 bridgehead atoms. The van der Waals surface area contributed by atoms with E-state index in [0.29, 0.717) is 19.3 Å². The Labute approximate surface area is 294 Å². The van der Waals surface area contributed by atoms with Gasteiger partial charge in [0.15, 0.2) is 6.10 Å². The van der Waals surface area contributed by atoms with E-state index in [1.54, 1.807) is 6.08 Å². The van der Waals surface area contributed by atoms with Crippen molar-refractivity contribution in [3.63, 3.8) is 0 Å². The second-order valence-corrected chi connectivity index (χ2v) is 12.5. The first-order chi connectivity index (χ1) is 23.5. The quantitative estimate of drug-likeness (QED) is 0.0312. The number of ether oxygens (including phenoxy) is 2. The minimum absolute atomic E-state index is 0.108. The molecule has 6 heteroatoms. The number of aliphatic hydroxyl groups excluding tert-OH is 2. The molecule has 0 amide bonds. The Hall–Kier alpha value is -2.70. The Morgan fingerprint density at radius 2 is 1.15 bits per heavy atom. The summed E-state index contributed by atoms with van der Waals surface area (Å²) in [5.41, 5.74) is 0. The van der Waals surface area contributed by atoms with Crippen LogP contribution in [0, 0.1) is 0 Å². The van der Waals surface area contributed by atoms with Crippen molar-refractivity contribution in [3.8, 4) is 0 Å². The van der Waals surface area contributed by atoms with E-state index in [2.05, 4.69) is 50.3 Å². The van der Waals surface area contributed by atoms with E-state index in [9.17, 15) is 19.8 Å². The van der Waals surface area contributed by atoms with Gasteiger partial charge in [-0.25, -0.2) is 0 Å². The SMILES string of the molecule is CC/C=C\CC(O)/C=C/C=C/C/C=C\C/C=C\C/C=C\CCC(=O)O[C@@H](CO)COC(=O)CCCCCCCCCCCCCCCC. The largest absolute Gasteiger partial charge is 0.462 e. The Kier molecular flexibility index (Phi) is 35.0. The van der Waals surface area contributed by atoms with Crippen LogP contribution in [-0.4, -0.2) is 47.6 Å². The summed E-state index contributed by atoms with van der Waals surface area (Å²) in [6.45, 7) is 3.85. The first-order valence-corrected chi connectivity index (χ1v) is 19.1. The van der Waals surface area contributed by atoms with Crippen molar-refractivity contribution in [1.29, 1.82) is 0 Å². The summed E-state index contributed by atoms with van der Waals surface area (Å²) >= 11 is 0. The lowest BCUT2D eigenvalue weighted by Crippen LogP contribution is -2.28. The molecule has 0 saturated carbocycles. The van der Waals surface area contributed by atoms with Crippen LogP contribution in [0.1, 0.15) is 155 Å². The van der Waals surface area contributed by atoms with Crippen LogP contribution in [0.5, 0.6) is 0 Å². The third-order valence-electron chi connectivity index (χ3n) is 7.86. The van der Waals surface area contributed by atoms with E-state index in [4.69, 9.17) is 9.47 Å². The van der Waals surface area contributed by atoms with Gasteiger partial charge in [0.1, 0.15) is 6.61 Å². The summed E-state index contributed by atoms with van der Waals surface area (Å²) in [7, 11) is 0. The Balaban J connectivity index is 3.77. The molecular formula is C42H70O6. The third-order valence-corrected chi connectivity index (χ3v) is 7.86. The van der Waals surface area contributed by atoms with Crippen LogP contribution in [-0.2, 0) is 19.1 Å². The fourth-order valence-electron chi connectivity index (χ4n) is 4.96. The number of hydrogen-bond acceptors (Lipinski definition) is 6. The summed E-state index contributed by atoms with van der Waals surface area (Å²) < 4.78 is 10.5. The zero-order valence-electron chi connectivity index (χ0n) is 30.6. The first kappa shape index (κ1) is 45.3.